The van der Waals surface area contributed by atoms with E-state index in [9.17, 15) is 18.9 Å². The van der Waals surface area contributed by atoms with Crippen molar-refractivity contribution >= 4 is 11.4 Å². The van der Waals surface area contributed by atoms with Crippen molar-refractivity contribution in [3.8, 4) is 0 Å². The molecule has 0 heterocycles. The third-order valence-corrected chi connectivity index (χ3v) is 2.17. The van der Waals surface area contributed by atoms with Crippen molar-refractivity contribution in [2.75, 3.05) is 5.32 Å². The summed E-state index contributed by atoms with van der Waals surface area (Å²) in [6, 6.07) is 1.57. The molecule has 0 spiro atoms. The van der Waals surface area contributed by atoms with Crippen molar-refractivity contribution in [3.05, 3.63) is 33.9 Å². The zero-order valence-corrected chi connectivity index (χ0v) is 7.67. The molecule has 6 heteroatoms. The minimum absolute atomic E-state index is 0.0430. The van der Waals surface area contributed by atoms with E-state index in [4.69, 9.17) is 0 Å². The Hall–Kier alpha value is -1.72. The molecule has 0 unspecified atom stereocenters. The molecule has 0 bridgehead atoms. The maximum atomic E-state index is 12.9. The Bertz CT molecular complexity index is 419. The van der Waals surface area contributed by atoms with Gasteiger partial charge >= 0.3 is 0 Å². The summed E-state index contributed by atoms with van der Waals surface area (Å²) < 4.78 is 25.6. The first kappa shape index (κ1) is 9.82. The largest absolute Gasteiger partial charge is 0.377 e. The van der Waals surface area contributed by atoms with Crippen LogP contribution < -0.4 is 5.32 Å². The molecule has 80 valence electrons. The molecule has 1 aliphatic rings. The van der Waals surface area contributed by atoms with Gasteiger partial charge in [0.25, 0.3) is 5.69 Å². The van der Waals surface area contributed by atoms with E-state index in [0.717, 1.165) is 18.9 Å². The highest BCUT2D eigenvalue weighted by Crippen LogP contribution is 2.32. The Morgan fingerprint density at radius 1 is 1.33 bits per heavy atom. The van der Waals surface area contributed by atoms with Gasteiger partial charge < -0.3 is 5.32 Å². The fourth-order valence-corrected chi connectivity index (χ4v) is 1.25. The maximum absolute atomic E-state index is 12.9. The second-order valence-electron chi connectivity index (χ2n) is 3.46. The Balaban J connectivity index is 2.39. The highest BCUT2D eigenvalue weighted by Gasteiger charge is 2.26. The number of anilines is 1. The molecule has 0 radical (unpaired) electrons. The maximum Gasteiger partial charge on any atom is 0.295 e. The second kappa shape index (κ2) is 3.45. The number of hydrogen-bond donors (Lipinski definition) is 1. The van der Waals surface area contributed by atoms with Crippen LogP contribution >= 0.6 is 0 Å². The minimum atomic E-state index is -1.21. The highest BCUT2D eigenvalue weighted by atomic mass is 19.2. The van der Waals surface area contributed by atoms with Crippen LogP contribution in [0.25, 0.3) is 0 Å². The lowest BCUT2D eigenvalue weighted by atomic mass is 10.2. The Kier molecular flexibility index (Phi) is 2.26. The van der Waals surface area contributed by atoms with E-state index in [1.807, 2.05) is 0 Å². The molecule has 1 N–H and O–H groups in total. The number of nitrogens with one attached hydrogen (secondary N) is 1. The molecule has 15 heavy (non-hydrogen) atoms. The molecule has 1 aliphatic carbocycles. The van der Waals surface area contributed by atoms with Crippen LogP contribution in [0.2, 0.25) is 0 Å². The summed E-state index contributed by atoms with van der Waals surface area (Å²) in [5.74, 6) is -2.29. The van der Waals surface area contributed by atoms with Gasteiger partial charge in [-0.25, -0.2) is 8.78 Å². The van der Waals surface area contributed by atoms with Gasteiger partial charge in [0.1, 0.15) is 5.69 Å². The number of benzene rings is 1. The van der Waals surface area contributed by atoms with Gasteiger partial charge in [0.15, 0.2) is 11.6 Å². The minimum Gasteiger partial charge on any atom is -0.377 e. The zero-order chi connectivity index (χ0) is 11.0. The zero-order valence-electron chi connectivity index (χ0n) is 7.67. The van der Waals surface area contributed by atoms with E-state index in [0.29, 0.717) is 6.07 Å². The summed E-state index contributed by atoms with van der Waals surface area (Å²) in [5, 5.41) is 13.3. The third kappa shape index (κ3) is 2.03. The Labute approximate surface area is 84.1 Å². The van der Waals surface area contributed by atoms with Crippen molar-refractivity contribution in [2.24, 2.45) is 0 Å². The fourth-order valence-electron chi connectivity index (χ4n) is 1.25. The van der Waals surface area contributed by atoms with Gasteiger partial charge in [0, 0.05) is 12.1 Å². The smallest absolute Gasteiger partial charge is 0.295 e. The molecule has 0 aliphatic heterocycles. The predicted octanol–water partition coefficient (Wildman–Crippen LogP) is 2.45. The summed E-state index contributed by atoms with van der Waals surface area (Å²) in [6.45, 7) is 0. The lowest BCUT2D eigenvalue weighted by Crippen LogP contribution is -2.05. The molecule has 2 rings (SSSR count). The number of nitrogens with zero attached hydrogens (tertiary/aromatic N) is 1. The first-order valence-electron chi connectivity index (χ1n) is 4.48. The van der Waals surface area contributed by atoms with Crippen LogP contribution in [0.4, 0.5) is 20.2 Å². The molecule has 1 aromatic rings. The second-order valence-corrected chi connectivity index (χ2v) is 3.46. The van der Waals surface area contributed by atoms with Crippen LogP contribution in [0.5, 0.6) is 0 Å². The molecule has 4 nitrogen and oxygen atoms in total. The van der Waals surface area contributed by atoms with Crippen LogP contribution in [0.1, 0.15) is 12.8 Å². The van der Waals surface area contributed by atoms with E-state index >= 15 is 0 Å². The quantitative estimate of drug-likeness (QED) is 0.621. The average molecular weight is 214 g/mol. The first-order chi connectivity index (χ1) is 7.08. The lowest BCUT2D eigenvalue weighted by molar-refractivity contribution is -0.384. The number of nitro benzene ring substituents is 1. The van der Waals surface area contributed by atoms with Gasteiger partial charge in [-0.1, -0.05) is 0 Å². The van der Waals surface area contributed by atoms with Crippen molar-refractivity contribution < 1.29 is 13.7 Å². The monoisotopic (exact) mass is 214 g/mol. The highest BCUT2D eigenvalue weighted by molar-refractivity contribution is 5.62. The van der Waals surface area contributed by atoms with Crippen molar-refractivity contribution in [2.45, 2.75) is 18.9 Å². The average Bonchev–Trinajstić information content (AvgIpc) is 2.94. The summed E-state index contributed by atoms with van der Waals surface area (Å²) in [4.78, 5) is 9.83. The third-order valence-electron chi connectivity index (χ3n) is 2.17. The van der Waals surface area contributed by atoms with Gasteiger partial charge in [-0.3, -0.25) is 10.1 Å². The molecule has 1 aromatic carbocycles. The molecule has 1 fully saturated rings. The Morgan fingerprint density at radius 3 is 2.47 bits per heavy atom. The van der Waals surface area contributed by atoms with Crippen molar-refractivity contribution in [1.82, 2.24) is 0 Å². The van der Waals surface area contributed by atoms with Gasteiger partial charge in [-0.05, 0) is 12.8 Å². The Morgan fingerprint density at radius 2 is 1.93 bits per heavy atom. The molecule has 0 saturated heterocycles. The van der Waals surface area contributed by atoms with Crippen LogP contribution in [0.3, 0.4) is 0 Å². The summed E-state index contributed by atoms with van der Waals surface area (Å²) in [7, 11) is 0. The molecular formula is C9H8F2N2O2. The van der Waals surface area contributed by atoms with E-state index in [1.54, 1.807) is 0 Å². The summed E-state index contributed by atoms with van der Waals surface area (Å²) in [5.41, 5.74) is -0.387. The topological polar surface area (TPSA) is 55.2 Å². The molecular weight excluding hydrogens is 206 g/mol. The van der Waals surface area contributed by atoms with Crippen molar-refractivity contribution in [3.63, 3.8) is 0 Å². The van der Waals surface area contributed by atoms with Gasteiger partial charge in [0.05, 0.1) is 11.0 Å². The SMILES string of the molecule is O=[N+]([O-])c1cc(F)c(F)cc1NC1CC1. The molecule has 1 saturated carbocycles. The van der Waals surface area contributed by atoms with Gasteiger partial charge in [-0.2, -0.15) is 0 Å². The van der Waals surface area contributed by atoms with Crippen LogP contribution in [0, 0.1) is 21.7 Å². The summed E-state index contributed by atoms with van der Waals surface area (Å²) in [6.07, 6.45) is 1.80. The van der Waals surface area contributed by atoms with Crippen LogP contribution in [-0.4, -0.2) is 11.0 Å². The normalized spacial score (nSPS) is 15.1. The van der Waals surface area contributed by atoms with Crippen LogP contribution in [0.15, 0.2) is 12.1 Å². The van der Waals surface area contributed by atoms with Gasteiger partial charge in [0.2, 0.25) is 0 Å². The van der Waals surface area contributed by atoms with E-state index in [1.165, 1.54) is 0 Å². The lowest BCUT2D eigenvalue weighted by Gasteiger charge is -2.05. The molecule has 0 atom stereocenters. The van der Waals surface area contributed by atoms with E-state index < -0.39 is 22.2 Å². The van der Waals surface area contributed by atoms with E-state index in [2.05, 4.69) is 5.32 Å². The van der Waals surface area contributed by atoms with Gasteiger partial charge in [-0.15, -0.1) is 0 Å². The summed E-state index contributed by atoms with van der Waals surface area (Å²) >= 11 is 0. The van der Waals surface area contributed by atoms with E-state index in [-0.39, 0.29) is 11.7 Å². The predicted molar refractivity (Wildman–Crippen MR) is 49.7 cm³/mol. The molecule has 0 aromatic heterocycles. The van der Waals surface area contributed by atoms with Crippen LogP contribution in [-0.2, 0) is 0 Å². The van der Waals surface area contributed by atoms with Crippen molar-refractivity contribution in [1.29, 1.82) is 0 Å². The molecule has 0 amide bonds. The number of hydrogen-bond acceptors (Lipinski definition) is 3. The first-order valence-corrected chi connectivity index (χ1v) is 4.48. The number of halogens is 2. The fraction of sp³-hybridized carbons (Fsp3) is 0.333. The standard InChI is InChI=1S/C9H8F2N2O2/c10-6-3-8(12-5-1-2-5)9(13(14)15)4-7(6)11/h3-5,12H,1-2H2. The number of nitro groups is 1. The number of rotatable bonds is 3.